The van der Waals surface area contributed by atoms with E-state index in [4.69, 9.17) is 4.74 Å². The van der Waals surface area contributed by atoms with Gasteiger partial charge in [-0.25, -0.2) is 4.79 Å². The predicted molar refractivity (Wildman–Crippen MR) is 78.9 cm³/mol. The maximum absolute atomic E-state index is 12.1. The van der Waals surface area contributed by atoms with Gasteiger partial charge in [-0.05, 0) is 44.4 Å². The van der Waals surface area contributed by atoms with Crippen LogP contribution in [0, 0.1) is 11.8 Å². The molecule has 2 aliphatic rings. The van der Waals surface area contributed by atoms with E-state index in [1.165, 1.54) is 6.42 Å². The van der Waals surface area contributed by atoms with Gasteiger partial charge < -0.3 is 15.2 Å². The largest absolute Gasteiger partial charge is 0.480 e. The van der Waals surface area contributed by atoms with Crippen LogP contribution in [0.25, 0.3) is 0 Å². The van der Waals surface area contributed by atoms with Crippen LogP contribution in [0.15, 0.2) is 0 Å². The van der Waals surface area contributed by atoms with E-state index >= 15 is 0 Å². The van der Waals surface area contributed by atoms with Crippen LogP contribution >= 0.6 is 0 Å². The highest BCUT2D eigenvalue weighted by atomic mass is 16.5. The number of ether oxygens (including phenoxy) is 1. The molecule has 0 radical (unpaired) electrons. The predicted octanol–water partition coefficient (Wildman–Crippen LogP) is 2.34. The summed E-state index contributed by atoms with van der Waals surface area (Å²) in [7, 11) is 0. The zero-order valence-corrected chi connectivity index (χ0v) is 12.8. The Morgan fingerprint density at radius 1 is 1.24 bits per heavy atom. The van der Waals surface area contributed by atoms with Crippen molar-refractivity contribution in [1.82, 2.24) is 5.32 Å². The first-order valence-electron chi connectivity index (χ1n) is 8.24. The minimum absolute atomic E-state index is 0.0952. The summed E-state index contributed by atoms with van der Waals surface area (Å²) in [6.07, 6.45) is 7.70. The van der Waals surface area contributed by atoms with Crippen molar-refractivity contribution in [3.8, 4) is 0 Å². The molecule has 21 heavy (non-hydrogen) atoms. The molecular weight excluding hydrogens is 270 g/mol. The Balaban J connectivity index is 1.75. The standard InChI is InChI=1S/C16H27NO4/c1-2-21-13-8-11(9-13)10-14(18)17-15(16(19)20)12-6-4-3-5-7-12/h11-13,15H,2-10H2,1H3,(H,17,18)(H,19,20). The summed E-state index contributed by atoms with van der Waals surface area (Å²) in [5.41, 5.74) is 0. The monoisotopic (exact) mass is 297 g/mol. The molecule has 2 saturated carbocycles. The van der Waals surface area contributed by atoms with Crippen LogP contribution in [0.1, 0.15) is 58.3 Å². The highest BCUT2D eigenvalue weighted by Gasteiger charge is 2.34. The van der Waals surface area contributed by atoms with E-state index in [1.54, 1.807) is 0 Å². The number of rotatable bonds is 7. The summed E-state index contributed by atoms with van der Waals surface area (Å²) < 4.78 is 5.48. The first-order valence-corrected chi connectivity index (χ1v) is 8.24. The van der Waals surface area contributed by atoms with Crippen molar-refractivity contribution in [3.05, 3.63) is 0 Å². The molecule has 1 atom stereocenters. The average molecular weight is 297 g/mol. The van der Waals surface area contributed by atoms with Gasteiger partial charge in [0, 0.05) is 13.0 Å². The van der Waals surface area contributed by atoms with Crippen LogP contribution in [0.2, 0.25) is 0 Å². The molecule has 0 aliphatic heterocycles. The lowest BCUT2D eigenvalue weighted by atomic mass is 9.79. The summed E-state index contributed by atoms with van der Waals surface area (Å²) in [4.78, 5) is 23.5. The van der Waals surface area contributed by atoms with E-state index in [-0.39, 0.29) is 11.8 Å². The van der Waals surface area contributed by atoms with E-state index < -0.39 is 12.0 Å². The van der Waals surface area contributed by atoms with Gasteiger partial charge in [-0.15, -0.1) is 0 Å². The van der Waals surface area contributed by atoms with Crippen molar-refractivity contribution in [2.24, 2.45) is 11.8 Å². The minimum Gasteiger partial charge on any atom is -0.480 e. The van der Waals surface area contributed by atoms with E-state index in [0.717, 1.165) is 38.5 Å². The molecule has 0 saturated heterocycles. The highest BCUT2D eigenvalue weighted by Crippen LogP contribution is 2.33. The Bertz CT molecular complexity index is 359. The quantitative estimate of drug-likeness (QED) is 0.756. The number of carboxylic acid groups (broad SMARTS) is 1. The number of nitrogens with one attached hydrogen (secondary N) is 1. The second-order valence-corrected chi connectivity index (χ2v) is 6.40. The van der Waals surface area contributed by atoms with Crippen LogP contribution in [0.5, 0.6) is 0 Å². The third-order valence-electron chi connectivity index (χ3n) is 4.77. The molecule has 120 valence electrons. The smallest absolute Gasteiger partial charge is 0.326 e. The number of carbonyl (C=O) groups is 2. The zero-order chi connectivity index (χ0) is 15.2. The second-order valence-electron chi connectivity index (χ2n) is 6.40. The van der Waals surface area contributed by atoms with Gasteiger partial charge in [0.1, 0.15) is 6.04 Å². The Labute approximate surface area is 126 Å². The van der Waals surface area contributed by atoms with Crippen LogP contribution in [0.3, 0.4) is 0 Å². The molecule has 0 aromatic rings. The SMILES string of the molecule is CCOC1CC(CC(=O)NC(C(=O)O)C2CCCCC2)C1. The second kappa shape index (κ2) is 7.78. The van der Waals surface area contributed by atoms with E-state index in [0.29, 0.717) is 25.0 Å². The molecule has 0 spiro atoms. The first kappa shape index (κ1) is 16.3. The molecule has 2 rings (SSSR count). The van der Waals surface area contributed by atoms with Gasteiger partial charge >= 0.3 is 5.97 Å². The van der Waals surface area contributed by atoms with Crippen molar-refractivity contribution in [2.45, 2.75) is 70.4 Å². The summed E-state index contributed by atoms with van der Waals surface area (Å²) in [6.45, 7) is 2.69. The first-order chi connectivity index (χ1) is 10.1. The Morgan fingerprint density at radius 2 is 1.90 bits per heavy atom. The lowest BCUT2D eigenvalue weighted by Gasteiger charge is -2.35. The minimum atomic E-state index is -0.893. The number of amides is 1. The van der Waals surface area contributed by atoms with E-state index in [1.807, 2.05) is 6.92 Å². The van der Waals surface area contributed by atoms with Crippen molar-refractivity contribution >= 4 is 11.9 Å². The van der Waals surface area contributed by atoms with Crippen LogP contribution < -0.4 is 5.32 Å². The van der Waals surface area contributed by atoms with Gasteiger partial charge in [-0.2, -0.15) is 0 Å². The van der Waals surface area contributed by atoms with Gasteiger partial charge in [0.15, 0.2) is 0 Å². The van der Waals surface area contributed by atoms with Gasteiger partial charge in [-0.3, -0.25) is 4.79 Å². The molecule has 1 unspecified atom stereocenters. The van der Waals surface area contributed by atoms with Crippen LogP contribution in [-0.4, -0.2) is 35.7 Å². The molecule has 1 amide bonds. The molecule has 2 N–H and O–H groups in total. The van der Waals surface area contributed by atoms with Gasteiger partial charge in [-0.1, -0.05) is 19.3 Å². The number of hydrogen-bond donors (Lipinski definition) is 2. The molecule has 0 aromatic heterocycles. The Hall–Kier alpha value is -1.10. The zero-order valence-electron chi connectivity index (χ0n) is 12.8. The Kier molecular flexibility index (Phi) is 6.03. The average Bonchev–Trinajstić information content (AvgIpc) is 2.43. The fraction of sp³-hybridized carbons (Fsp3) is 0.875. The van der Waals surface area contributed by atoms with Crippen molar-refractivity contribution in [1.29, 1.82) is 0 Å². The number of carbonyl (C=O) groups excluding carboxylic acids is 1. The third-order valence-corrected chi connectivity index (χ3v) is 4.77. The summed E-state index contributed by atoms with van der Waals surface area (Å²) in [5.74, 6) is -0.566. The molecule has 5 heteroatoms. The molecule has 0 bridgehead atoms. The normalized spacial score (nSPS) is 27.7. The molecular formula is C16H27NO4. The number of aliphatic carboxylic acids is 1. The Morgan fingerprint density at radius 3 is 2.48 bits per heavy atom. The van der Waals surface area contributed by atoms with Gasteiger partial charge in [0.2, 0.25) is 5.91 Å². The highest BCUT2D eigenvalue weighted by molar-refractivity contribution is 5.83. The fourth-order valence-electron chi connectivity index (χ4n) is 3.56. The van der Waals surface area contributed by atoms with Crippen LogP contribution in [0.4, 0.5) is 0 Å². The van der Waals surface area contributed by atoms with Gasteiger partial charge in [0.05, 0.1) is 6.10 Å². The lowest BCUT2D eigenvalue weighted by molar-refractivity contribution is -0.144. The molecule has 2 fully saturated rings. The summed E-state index contributed by atoms with van der Waals surface area (Å²) in [6, 6.07) is -0.708. The van der Waals surface area contributed by atoms with E-state index in [9.17, 15) is 14.7 Å². The van der Waals surface area contributed by atoms with Crippen LogP contribution in [-0.2, 0) is 14.3 Å². The third kappa shape index (κ3) is 4.70. The van der Waals surface area contributed by atoms with Crippen molar-refractivity contribution in [2.75, 3.05) is 6.61 Å². The fourth-order valence-corrected chi connectivity index (χ4v) is 3.56. The molecule has 5 nitrogen and oxygen atoms in total. The van der Waals surface area contributed by atoms with E-state index in [2.05, 4.69) is 5.32 Å². The molecule has 0 aromatic carbocycles. The maximum atomic E-state index is 12.1. The maximum Gasteiger partial charge on any atom is 0.326 e. The molecule has 2 aliphatic carbocycles. The summed E-state index contributed by atoms with van der Waals surface area (Å²) >= 11 is 0. The lowest BCUT2D eigenvalue weighted by Crippen LogP contribution is -2.47. The number of carboxylic acids is 1. The molecule has 0 heterocycles. The summed E-state index contributed by atoms with van der Waals surface area (Å²) in [5, 5.41) is 12.1. The number of hydrogen-bond acceptors (Lipinski definition) is 3. The van der Waals surface area contributed by atoms with Gasteiger partial charge in [0.25, 0.3) is 0 Å². The van der Waals surface area contributed by atoms with Crippen molar-refractivity contribution < 1.29 is 19.4 Å². The topological polar surface area (TPSA) is 75.6 Å². The van der Waals surface area contributed by atoms with Crippen molar-refractivity contribution in [3.63, 3.8) is 0 Å².